The van der Waals surface area contributed by atoms with E-state index in [1.54, 1.807) is 18.5 Å². The number of rotatable bonds is 5. The van der Waals surface area contributed by atoms with Gasteiger partial charge in [0.1, 0.15) is 5.75 Å². The lowest BCUT2D eigenvalue weighted by molar-refractivity contribution is -0.384. The minimum Gasteiger partial charge on any atom is -0.508 e. The summed E-state index contributed by atoms with van der Waals surface area (Å²) in [4.78, 5) is 21.1. The maximum Gasteiger partial charge on any atom is 0.270 e. The van der Waals surface area contributed by atoms with Gasteiger partial charge in [0.2, 0.25) is 5.95 Å². The van der Waals surface area contributed by atoms with Crippen LogP contribution in [-0.4, -0.2) is 39.1 Å². The Kier molecular flexibility index (Phi) is 4.85. The van der Waals surface area contributed by atoms with Crippen molar-refractivity contribution < 1.29 is 10.0 Å². The fraction of sp³-hybridized carbons (Fsp3) is 0.375. The molecule has 8 nitrogen and oxygen atoms in total. The quantitative estimate of drug-likeness (QED) is 0.637. The average molecular weight is 329 g/mol. The average Bonchev–Trinajstić information content (AvgIpc) is 2.62. The summed E-state index contributed by atoms with van der Waals surface area (Å²) in [6.07, 6.45) is 5.46. The van der Waals surface area contributed by atoms with Crippen LogP contribution >= 0.6 is 0 Å². The maximum absolute atomic E-state index is 10.9. The van der Waals surface area contributed by atoms with Crippen LogP contribution in [0.15, 0.2) is 36.7 Å². The van der Waals surface area contributed by atoms with E-state index in [0.29, 0.717) is 18.1 Å². The van der Waals surface area contributed by atoms with Crippen molar-refractivity contribution >= 4 is 11.6 Å². The van der Waals surface area contributed by atoms with Crippen LogP contribution in [0.3, 0.4) is 0 Å². The molecule has 2 N–H and O–H groups in total. The second-order valence-electron chi connectivity index (χ2n) is 5.78. The number of hydrogen-bond donors (Lipinski definition) is 2. The van der Waals surface area contributed by atoms with Gasteiger partial charge in [0, 0.05) is 55.8 Å². The molecule has 0 unspecified atom stereocenters. The molecule has 1 aromatic carbocycles. The lowest BCUT2D eigenvalue weighted by atomic mass is 10.1. The summed E-state index contributed by atoms with van der Waals surface area (Å²) in [7, 11) is 0. The Balaban J connectivity index is 1.62. The summed E-state index contributed by atoms with van der Waals surface area (Å²) in [5.74, 6) is 0.773. The first-order valence-corrected chi connectivity index (χ1v) is 7.85. The minimum absolute atomic E-state index is 0.0208. The van der Waals surface area contributed by atoms with Crippen LogP contribution in [0, 0.1) is 10.1 Å². The van der Waals surface area contributed by atoms with Crippen molar-refractivity contribution in [3.05, 3.63) is 52.3 Å². The molecule has 126 valence electrons. The van der Waals surface area contributed by atoms with Crippen LogP contribution in [-0.2, 0) is 6.54 Å². The zero-order valence-corrected chi connectivity index (χ0v) is 13.1. The first-order valence-electron chi connectivity index (χ1n) is 7.85. The number of anilines is 1. The molecule has 0 radical (unpaired) electrons. The predicted octanol–water partition coefficient (Wildman–Crippen LogP) is 1.85. The van der Waals surface area contributed by atoms with E-state index in [2.05, 4.69) is 20.2 Å². The number of nitro benzene ring substituents is 1. The molecule has 0 aliphatic carbocycles. The van der Waals surface area contributed by atoms with Crippen LogP contribution < -0.4 is 10.2 Å². The number of phenols is 1. The van der Waals surface area contributed by atoms with Gasteiger partial charge in [-0.05, 0) is 25.0 Å². The molecule has 0 spiro atoms. The van der Waals surface area contributed by atoms with Gasteiger partial charge in [0.15, 0.2) is 0 Å². The van der Waals surface area contributed by atoms with Crippen LogP contribution in [0.1, 0.15) is 18.4 Å². The van der Waals surface area contributed by atoms with E-state index in [4.69, 9.17) is 0 Å². The third kappa shape index (κ3) is 3.77. The van der Waals surface area contributed by atoms with Gasteiger partial charge in [0.05, 0.1) is 4.92 Å². The summed E-state index contributed by atoms with van der Waals surface area (Å²) in [6, 6.07) is 6.06. The van der Waals surface area contributed by atoms with Gasteiger partial charge < -0.3 is 15.3 Å². The van der Waals surface area contributed by atoms with Crippen LogP contribution in [0.2, 0.25) is 0 Å². The number of benzene rings is 1. The zero-order chi connectivity index (χ0) is 16.9. The highest BCUT2D eigenvalue weighted by Gasteiger charge is 2.21. The smallest absolute Gasteiger partial charge is 0.270 e. The molecule has 1 aliphatic heterocycles. The Morgan fingerprint density at radius 2 is 2.17 bits per heavy atom. The van der Waals surface area contributed by atoms with Gasteiger partial charge in [-0.25, -0.2) is 9.97 Å². The van der Waals surface area contributed by atoms with Gasteiger partial charge in [-0.2, -0.15) is 0 Å². The molecule has 1 atom stereocenters. The van der Waals surface area contributed by atoms with Gasteiger partial charge in [-0.15, -0.1) is 0 Å². The molecule has 0 saturated carbocycles. The number of non-ortho nitro benzene ring substituents is 1. The van der Waals surface area contributed by atoms with Crippen molar-refractivity contribution in [3.63, 3.8) is 0 Å². The summed E-state index contributed by atoms with van der Waals surface area (Å²) in [6.45, 7) is 2.05. The normalized spacial score (nSPS) is 17.7. The standard InChI is InChI=1S/C16H19N5O3/c22-15-5-4-14(21(23)24)9-12(15)10-19-13-3-1-8-20(11-13)16-17-6-2-7-18-16/h2,4-7,9,13,19,22H,1,3,8,10-11H2/t13-/m1/s1. The van der Waals surface area contributed by atoms with E-state index in [1.807, 2.05) is 0 Å². The molecular formula is C16H19N5O3. The van der Waals surface area contributed by atoms with Crippen molar-refractivity contribution in [3.8, 4) is 5.75 Å². The molecule has 0 amide bonds. The van der Waals surface area contributed by atoms with Gasteiger partial charge in [-0.1, -0.05) is 0 Å². The molecule has 1 aliphatic rings. The highest BCUT2D eigenvalue weighted by Crippen LogP contribution is 2.23. The van der Waals surface area contributed by atoms with E-state index < -0.39 is 4.92 Å². The molecule has 8 heteroatoms. The minimum atomic E-state index is -0.460. The molecule has 24 heavy (non-hydrogen) atoms. The summed E-state index contributed by atoms with van der Waals surface area (Å²) < 4.78 is 0. The maximum atomic E-state index is 10.9. The van der Waals surface area contributed by atoms with Crippen molar-refractivity contribution in [1.29, 1.82) is 0 Å². The number of aromatic nitrogens is 2. The van der Waals surface area contributed by atoms with Gasteiger partial charge in [0.25, 0.3) is 5.69 Å². The Hall–Kier alpha value is -2.74. The van der Waals surface area contributed by atoms with Gasteiger partial charge in [-0.3, -0.25) is 10.1 Å². The SMILES string of the molecule is O=[N+]([O-])c1ccc(O)c(CN[C@@H]2CCCN(c3ncccn3)C2)c1. The summed E-state index contributed by atoms with van der Waals surface area (Å²) in [5, 5.41) is 24.1. The number of aromatic hydroxyl groups is 1. The predicted molar refractivity (Wildman–Crippen MR) is 88.9 cm³/mol. The van der Waals surface area contributed by atoms with Crippen molar-refractivity contribution in [2.75, 3.05) is 18.0 Å². The van der Waals surface area contributed by atoms with Gasteiger partial charge >= 0.3 is 0 Å². The highest BCUT2D eigenvalue weighted by atomic mass is 16.6. The molecule has 3 rings (SSSR count). The Morgan fingerprint density at radius 1 is 1.38 bits per heavy atom. The highest BCUT2D eigenvalue weighted by molar-refractivity contribution is 5.43. The number of hydrogen-bond acceptors (Lipinski definition) is 7. The topological polar surface area (TPSA) is 104 Å². The molecular weight excluding hydrogens is 310 g/mol. The monoisotopic (exact) mass is 329 g/mol. The molecule has 1 fully saturated rings. The zero-order valence-electron chi connectivity index (χ0n) is 13.1. The Morgan fingerprint density at radius 3 is 2.92 bits per heavy atom. The molecule has 1 aromatic heterocycles. The molecule has 2 aromatic rings. The van der Waals surface area contributed by atoms with Crippen molar-refractivity contribution in [2.24, 2.45) is 0 Å². The summed E-state index contributed by atoms with van der Waals surface area (Å²) in [5.41, 5.74) is 0.504. The second kappa shape index (κ2) is 7.22. The number of phenolic OH excluding ortho intramolecular Hbond substituents is 1. The van der Waals surface area contributed by atoms with Crippen LogP contribution in [0.5, 0.6) is 5.75 Å². The Labute approximate surface area is 139 Å². The summed E-state index contributed by atoms with van der Waals surface area (Å²) >= 11 is 0. The first-order chi connectivity index (χ1) is 11.6. The van der Waals surface area contributed by atoms with E-state index >= 15 is 0 Å². The molecule has 2 heterocycles. The number of piperidine rings is 1. The molecule has 1 saturated heterocycles. The number of nitrogens with one attached hydrogen (secondary N) is 1. The largest absolute Gasteiger partial charge is 0.508 e. The van der Waals surface area contributed by atoms with Crippen LogP contribution in [0.4, 0.5) is 11.6 Å². The lowest BCUT2D eigenvalue weighted by Crippen LogP contribution is -2.46. The van der Waals surface area contributed by atoms with Crippen molar-refractivity contribution in [1.82, 2.24) is 15.3 Å². The van der Waals surface area contributed by atoms with E-state index in [9.17, 15) is 15.2 Å². The lowest BCUT2D eigenvalue weighted by Gasteiger charge is -2.33. The first kappa shape index (κ1) is 16.1. The van der Waals surface area contributed by atoms with E-state index in [1.165, 1.54) is 18.2 Å². The van der Waals surface area contributed by atoms with Crippen LogP contribution in [0.25, 0.3) is 0 Å². The second-order valence-corrected chi connectivity index (χ2v) is 5.78. The number of nitrogens with zero attached hydrogens (tertiary/aromatic N) is 4. The molecule has 0 bridgehead atoms. The Bertz CT molecular complexity index is 710. The fourth-order valence-corrected chi connectivity index (χ4v) is 2.86. The third-order valence-electron chi connectivity index (χ3n) is 4.11. The number of nitro groups is 1. The van der Waals surface area contributed by atoms with E-state index in [0.717, 1.165) is 25.9 Å². The van der Waals surface area contributed by atoms with Crippen molar-refractivity contribution in [2.45, 2.75) is 25.4 Å². The van der Waals surface area contributed by atoms with E-state index in [-0.39, 0.29) is 17.5 Å². The fourth-order valence-electron chi connectivity index (χ4n) is 2.86. The third-order valence-corrected chi connectivity index (χ3v) is 4.11.